The first-order valence-corrected chi connectivity index (χ1v) is 10.8. The largest absolute Gasteiger partial charge is 0.355 e. The standard InChI is InChI=1S/C22H23N3O2S/c26-22(20-18-8-9-19-17(10-13-28-19)21(18)27-24-20)23-16-6-4-15(5-7-16)14-25-11-2-1-3-12-25/h4-7,10,13H,1-3,8-9,11-12,14H2,(H,23,26). The van der Waals surface area contributed by atoms with Crippen molar-refractivity contribution in [1.29, 1.82) is 0 Å². The first kappa shape index (κ1) is 17.6. The summed E-state index contributed by atoms with van der Waals surface area (Å²) >= 11 is 1.73. The van der Waals surface area contributed by atoms with E-state index in [1.165, 1.54) is 42.8 Å². The zero-order valence-corrected chi connectivity index (χ0v) is 16.6. The zero-order chi connectivity index (χ0) is 18.9. The molecule has 0 bridgehead atoms. The van der Waals surface area contributed by atoms with E-state index in [1.807, 2.05) is 18.2 Å². The number of likely N-dealkylation sites (tertiary alicyclic amines) is 1. The van der Waals surface area contributed by atoms with E-state index < -0.39 is 0 Å². The van der Waals surface area contributed by atoms with Gasteiger partial charge in [0.15, 0.2) is 11.5 Å². The van der Waals surface area contributed by atoms with Gasteiger partial charge in [-0.05, 0) is 67.9 Å². The third kappa shape index (κ3) is 3.38. The lowest BCUT2D eigenvalue weighted by atomic mass is 9.95. The number of amides is 1. The molecule has 2 aliphatic rings. The molecule has 0 saturated carbocycles. The lowest BCUT2D eigenvalue weighted by Crippen LogP contribution is -2.29. The zero-order valence-electron chi connectivity index (χ0n) is 15.7. The van der Waals surface area contributed by atoms with Crippen LogP contribution in [0.5, 0.6) is 0 Å². The first-order chi connectivity index (χ1) is 13.8. The highest BCUT2D eigenvalue weighted by molar-refractivity contribution is 7.10. The molecule has 1 aliphatic heterocycles. The van der Waals surface area contributed by atoms with Gasteiger partial charge < -0.3 is 9.84 Å². The van der Waals surface area contributed by atoms with Crippen molar-refractivity contribution >= 4 is 22.9 Å². The van der Waals surface area contributed by atoms with E-state index in [4.69, 9.17) is 4.52 Å². The van der Waals surface area contributed by atoms with E-state index in [0.717, 1.165) is 42.0 Å². The molecule has 1 saturated heterocycles. The molecule has 3 heterocycles. The predicted molar refractivity (Wildman–Crippen MR) is 111 cm³/mol. The number of carbonyl (C=O) groups is 1. The molecule has 0 radical (unpaired) electrons. The molecule has 1 fully saturated rings. The number of benzene rings is 1. The number of nitrogens with zero attached hydrogens (tertiary/aromatic N) is 2. The second-order valence-electron chi connectivity index (χ2n) is 7.58. The quantitative estimate of drug-likeness (QED) is 0.696. The molecule has 0 atom stereocenters. The maximum absolute atomic E-state index is 12.8. The number of hydrogen-bond acceptors (Lipinski definition) is 5. The van der Waals surface area contributed by atoms with Gasteiger partial charge in [0, 0.05) is 28.2 Å². The summed E-state index contributed by atoms with van der Waals surface area (Å²) in [4.78, 5) is 16.6. The third-order valence-electron chi connectivity index (χ3n) is 5.66. The molecule has 0 spiro atoms. The number of hydrogen-bond donors (Lipinski definition) is 1. The number of aromatic nitrogens is 1. The van der Waals surface area contributed by atoms with Gasteiger partial charge in [0.1, 0.15) is 0 Å². The maximum atomic E-state index is 12.8. The van der Waals surface area contributed by atoms with Crippen molar-refractivity contribution in [2.24, 2.45) is 0 Å². The van der Waals surface area contributed by atoms with Crippen LogP contribution in [0.2, 0.25) is 0 Å². The fourth-order valence-corrected chi connectivity index (χ4v) is 5.04. The fraction of sp³-hybridized carbons (Fsp3) is 0.364. The van der Waals surface area contributed by atoms with Crippen LogP contribution in [-0.2, 0) is 19.4 Å². The van der Waals surface area contributed by atoms with Crippen LogP contribution in [-0.4, -0.2) is 29.1 Å². The Kier molecular flexibility index (Phi) is 4.74. The molecule has 3 aromatic rings. The van der Waals surface area contributed by atoms with E-state index in [1.54, 1.807) is 11.3 Å². The third-order valence-corrected chi connectivity index (χ3v) is 6.64. The SMILES string of the molecule is O=C(Nc1ccc(CN2CCCCC2)cc1)c1noc2c1CCc1sccc1-2. The molecule has 144 valence electrons. The van der Waals surface area contributed by atoms with E-state index in [9.17, 15) is 4.79 Å². The molecular formula is C22H23N3O2S. The monoisotopic (exact) mass is 393 g/mol. The number of rotatable bonds is 4. The molecular weight excluding hydrogens is 370 g/mol. The van der Waals surface area contributed by atoms with Crippen LogP contribution < -0.4 is 5.32 Å². The van der Waals surface area contributed by atoms with Gasteiger partial charge in [0.25, 0.3) is 5.91 Å². The van der Waals surface area contributed by atoms with Crippen LogP contribution >= 0.6 is 11.3 Å². The highest BCUT2D eigenvalue weighted by atomic mass is 32.1. The number of nitrogens with one attached hydrogen (secondary N) is 1. The molecule has 0 unspecified atom stereocenters. The van der Waals surface area contributed by atoms with Crippen molar-refractivity contribution < 1.29 is 9.32 Å². The minimum Gasteiger partial charge on any atom is -0.355 e. The van der Waals surface area contributed by atoms with Gasteiger partial charge >= 0.3 is 0 Å². The number of carbonyl (C=O) groups excluding carboxylic acids is 1. The highest BCUT2D eigenvalue weighted by Gasteiger charge is 2.28. The predicted octanol–water partition coefficient (Wildman–Crippen LogP) is 4.74. The van der Waals surface area contributed by atoms with Crippen molar-refractivity contribution in [3.05, 3.63) is 57.4 Å². The van der Waals surface area contributed by atoms with Crippen molar-refractivity contribution in [2.45, 2.75) is 38.6 Å². The number of thiophene rings is 1. The van der Waals surface area contributed by atoms with Gasteiger partial charge in [-0.1, -0.05) is 23.7 Å². The number of piperidine rings is 1. The fourth-order valence-electron chi connectivity index (χ4n) is 4.17. The van der Waals surface area contributed by atoms with Crippen LogP contribution in [0.1, 0.15) is 45.8 Å². The molecule has 1 aliphatic carbocycles. The molecule has 1 aromatic carbocycles. The number of aryl methyl sites for hydroxylation is 1. The summed E-state index contributed by atoms with van der Waals surface area (Å²) in [5, 5.41) is 9.11. The van der Waals surface area contributed by atoms with Gasteiger partial charge in [-0.15, -0.1) is 11.3 Å². The lowest BCUT2D eigenvalue weighted by Gasteiger charge is -2.26. The Morgan fingerprint density at radius 1 is 1.11 bits per heavy atom. The van der Waals surface area contributed by atoms with E-state index >= 15 is 0 Å². The lowest BCUT2D eigenvalue weighted by molar-refractivity contribution is 0.101. The minimum atomic E-state index is -0.201. The topological polar surface area (TPSA) is 58.4 Å². The molecule has 5 rings (SSSR count). The van der Waals surface area contributed by atoms with Crippen LogP contribution in [0.4, 0.5) is 5.69 Å². The molecule has 1 amide bonds. The minimum absolute atomic E-state index is 0.201. The van der Waals surface area contributed by atoms with E-state index in [-0.39, 0.29) is 5.91 Å². The van der Waals surface area contributed by atoms with Crippen LogP contribution in [0.3, 0.4) is 0 Å². The summed E-state index contributed by atoms with van der Waals surface area (Å²) in [6, 6.07) is 10.2. The first-order valence-electron chi connectivity index (χ1n) is 9.96. The van der Waals surface area contributed by atoms with E-state index in [0.29, 0.717) is 5.69 Å². The number of anilines is 1. The summed E-state index contributed by atoms with van der Waals surface area (Å²) in [5.41, 5.74) is 4.48. The Bertz CT molecular complexity index is 984. The highest BCUT2D eigenvalue weighted by Crippen LogP contribution is 2.38. The maximum Gasteiger partial charge on any atom is 0.278 e. The number of fused-ring (bicyclic) bond motifs is 3. The molecule has 5 nitrogen and oxygen atoms in total. The van der Waals surface area contributed by atoms with Gasteiger partial charge in [-0.25, -0.2) is 0 Å². The average molecular weight is 394 g/mol. The van der Waals surface area contributed by atoms with Gasteiger partial charge in [-0.2, -0.15) is 0 Å². The van der Waals surface area contributed by atoms with Crippen molar-refractivity contribution in [2.75, 3.05) is 18.4 Å². The van der Waals surface area contributed by atoms with Crippen LogP contribution in [0.15, 0.2) is 40.2 Å². The molecule has 28 heavy (non-hydrogen) atoms. The molecule has 2 aromatic heterocycles. The smallest absolute Gasteiger partial charge is 0.278 e. The second-order valence-corrected chi connectivity index (χ2v) is 8.58. The Morgan fingerprint density at radius 2 is 1.93 bits per heavy atom. The Hall–Kier alpha value is -2.44. The van der Waals surface area contributed by atoms with Crippen molar-refractivity contribution in [1.82, 2.24) is 10.1 Å². The Labute approximate surface area is 168 Å². The van der Waals surface area contributed by atoms with E-state index in [2.05, 4.69) is 32.9 Å². The summed E-state index contributed by atoms with van der Waals surface area (Å²) in [5.74, 6) is 0.553. The van der Waals surface area contributed by atoms with Gasteiger partial charge in [0.2, 0.25) is 0 Å². The summed E-state index contributed by atoms with van der Waals surface area (Å²) in [6.07, 6.45) is 5.67. The molecule has 1 N–H and O–H groups in total. The summed E-state index contributed by atoms with van der Waals surface area (Å²) < 4.78 is 5.52. The summed E-state index contributed by atoms with van der Waals surface area (Å²) in [6.45, 7) is 3.34. The van der Waals surface area contributed by atoms with Gasteiger partial charge in [-0.3, -0.25) is 9.69 Å². The normalized spacial score (nSPS) is 16.4. The van der Waals surface area contributed by atoms with Crippen LogP contribution in [0.25, 0.3) is 11.3 Å². The molecule has 6 heteroatoms. The summed E-state index contributed by atoms with van der Waals surface area (Å²) in [7, 11) is 0. The Morgan fingerprint density at radius 3 is 2.75 bits per heavy atom. The van der Waals surface area contributed by atoms with Crippen molar-refractivity contribution in [3.8, 4) is 11.3 Å². The van der Waals surface area contributed by atoms with Crippen molar-refractivity contribution in [3.63, 3.8) is 0 Å². The van der Waals surface area contributed by atoms with Crippen LogP contribution in [0, 0.1) is 0 Å². The average Bonchev–Trinajstić information content (AvgIpc) is 3.36. The Balaban J connectivity index is 1.27. The van der Waals surface area contributed by atoms with Gasteiger partial charge in [0.05, 0.1) is 0 Å². The second kappa shape index (κ2) is 7.53.